The van der Waals surface area contributed by atoms with Gasteiger partial charge in [0.15, 0.2) is 0 Å². The average molecular weight is 634 g/mol. The number of nitrogens with zero attached hydrogens (tertiary/aromatic N) is 3. The molecule has 0 aliphatic carbocycles. The van der Waals surface area contributed by atoms with E-state index in [0.29, 0.717) is 24.2 Å². The summed E-state index contributed by atoms with van der Waals surface area (Å²) in [4.78, 5) is 60.2. The van der Waals surface area contributed by atoms with Crippen molar-refractivity contribution in [1.82, 2.24) is 20.0 Å². The molecule has 2 aliphatic heterocycles. The van der Waals surface area contributed by atoms with Gasteiger partial charge in [-0.15, -0.1) is 6.42 Å². The predicted molar refractivity (Wildman–Crippen MR) is 184 cm³/mol. The maximum atomic E-state index is 14.1. The van der Waals surface area contributed by atoms with Crippen molar-refractivity contribution in [1.29, 1.82) is 0 Å². The van der Waals surface area contributed by atoms with Crippen molar-refractivity contribution in [2.24, 2.45) is 11.3 Å². The van der Waals surface area contributed by atoms with Gasteiger partial charge in [0.2, 0.25) is 23.6 Å². The van der Waals surface area contributed by atoms with Crippen molar-refractivity contribution in [3.8, 4) is 12.3 Å². The number of likely N-dealkylation sites (N-methyl/N-ethyl adjacent to an activating group) is 1. The molecule has 3 rings (SSSR count). The van der Waals surface area contributed by atoms with Gasteiger partial charge in [0.05, 0.1) is 12.1 Å². The average Bonchev–Trinajstić information content (AvgIpc) is 3.51. The highest BCUT2D eigenvalue weighted by Crippen LogP contribution is 2.27. The van der Waals surface area contributed by atoms with E-state index in [-0.39, 0.29) is 41.6 Å². The van der Waals surface area contributed by atoms with E-state index in [1.165, 1.54) is 0 Å². The lowest BCUT2D eigenvalue weighted by Crippen LogP contribution is -2.60. The first-order valence-electron chi connectivity index (χ1n) is 16.8. The zero-order valence-corrected chi connectivity index (χ0v) is 29.4. The molecule has 9 nitrogen and oxygen atoms in total. The zero-order chi connectivity index (χ0) is 34.3. The van der Waals surface area contributed by atoms with Crippen LogP contribution in [0.5, 0.6) is 0 Å². The number of anilines is 1. The van der Waals surface area contributed by atoms with Crippen molar-refractivity contribution < 1.29 is 19.2 Å². The highest BCUT2D eigenvalue weighted by Gasteiger charge is 2.40. The molecule has 9 heteroatoms. The van der Waals surface area contributed by atoms with Crippen LogP contribution in [0.3, 0.4) is 0 Å². The Morgan fingerprint density at radius 1 is 0.957 bits per heavy atom. The number of amides is 4. The van der Waals surface area contributed by atoms with Crippen molar-refractivity contribution in [2.45, 2.75) is 118 Å². The standard InChI is InChI=1S/C37H55N5O4/c1-11-27-17-19-28(20-18-27)38-33(43)30-16-14-22-42(30)35(45)26(6)23-31(24(2)3)40(10)36(46)32(37(7,8)9)39-34(44)29-15-12-13-21-41(29)25(4)5/h1,17-20,23-25,29-32H,12-16,21-22H2,2-10H3,(H,38,43)(H,39,44)/b26-23+. The third-order valence-electron chi connectivity index (χ3n) is 9.28. The molecule has 1 aromatic rings. The summed E-state index contributed by atoms with van der Waals surface area (Å²) in [5.41, 5.74) is 1.28. The van der Waals surface area contributed by atoms with E-state index in [1.54, 1.807) is 48.0 Å². The molecule has 0 radical (unpaired) electrons. The minimum atomic E-state index is -0.743. The predicted octanol–water partition coefficient (Wildman–Crippen LogP) is 4.82. The van der Waals surface area contributed by atoms with E-state index < -0.39 is 23.5 Å². The monoisotopic (exact) mass is 633 g/mol. The molecule has 4 unspecified atom stereocenters. The molecule has 252 valence electrons. The van der Waals surface area contributed by atoms with Crippen LogP contribution in [0, 0.1) is 23.7 Å². The van der Waals surface area contributed by atoms with E-state index in [4.69, 9.17) is 6.42 Å². The molecule has 2 N–H and O–H groups in total. The third kappa shape index (κ3) is 9.00. The molecule has 4 atom stereocenters. The Bertz CT molecular complexity index is 1320. The van der Waals surface area contributed by atoms with E-state index in [2.05, 4.69) is 35.3 Å². The molecule has 0 saturated carbocycles. The molecule has 0 aromatic heterocycles. The van der Waals surface area contributed by atoms with Crippen molar-refractivity contribution in [3.63, 3.8) is 0 Å². The van der Waals surface area contributed by atoms with Gasteiger partial charge in [-0.25, -0.2) is 0 Å². The molecule has 2 heterocycles. The molecule has 46 heavy (non-hydrogen) atoms. The Balaban J connectivity index is 1.77. The lowest BCUT2D eigenvalue weighted by Gasteiger charge is -2.41. The Hall–Kier alpha value is -3.64. The molecule has 2 aliphatic rings. The fourth-order valence-corrected chi connectivity index (χ4v) is 6.55. The number of terminal acetylenes is 1. The summed E-state index contributed by atoms with van der Waals surface area (Å²) in [7, 11) is 1.74. The van der Waals surface area contributed by atoms with Crippen LogP contribution in [0.1, 0.15) is 93.1 Å². The maximum Gasteiger partial charge on any atom is 0.249 e. The summed E-state index contributed by atoms with van der Waals surface area (Å²) in [6, 6.07) is 5.27. The van der Waals surface area contributed by atoms with E-state index in [1.807, 2.05) is 40.7 Å². The number of carbonyl (C=O) groups excluding carboxylic acids is 4. The fourth-order valence-electron chi connectivity index (χ4n) is 6.55. The SMILES string of the molecule is C#Cc1ccc(NC(=O)C2CCCN2C(=O)/C(C)=C/C(C(C)C)N(C)C(=O)C(NC(=O)C2CCCCN2C(C)C)C(C)(C)C)cc1. The second-order valence-corrected chi connectivity index (χ2v) is 14.6. The summed E-state index contributed by atoms with van der Waals surface area (Å²) in [6.45, 7) is 17.2. The fraction of sp³-hybridized carbons (Fsp3) is 0.622. The quantitative estimate of drug-likeness (QED) is 0.284. The van der Waals surface area contributed by atoms with E-state index in [9.17, 15) is 19.2 Å². The van der Waals surface area contributed by atoms with Crippen molar-refractivity contribution >= 4 is 29.3 Å². The van der Waals surface area contributed by atoms with Crippen LogP contribution in [0.2, 0.25) is 0 Å². The Morgan fingerprint density at radius 3 is 2.15 bits per heavy atom. The minimum Gasteiger partial charge on any atom is -0.342 e. The van der Waals surface area contributed by atoms with Crippen LogP contribution in [-0.2, 0) is 19.2 Å². The van der Waals surface area contributed by atoms with Gasteiger partial charge in [0.1, 0.15) is 12.1 Å². The van der Waals surface area contributed by atoms with Crippen LogP contribution in [-0.4, -0.2) is 88.7 Å². The second-order valence-electron chi connectivity index (χ2n) is 14.6. The molecule has 2 saturated heterocycles. The third-order valence-corrected chi connectivity index (χ3v) is 9.28. The van der Waals surface area contributed by atoms with Crippen molar-refractivity contribution in [2.75, 3.05) is 25.5 Å². The number of carbonyl (C=O) groups is 4. The number of benzene rings is 1. The topological polar surface area (TPSA) is 102 Å². The van der Waals surface area contributed by atoms with Crippen LogP contribution in [0.15, 0.2) is 35.9 Å². The first-order valence-corrected chi connectivity index (χ1v) is 16.8. The van der Waals surface area contributed by atoms with Gasteiger partial charge < -0.3 is 20.4 Å². The molecule has 1 aromatic carbocycles. The number of likely N-dealkylation sites (tertiary alicyclic amines) is 2. The van der Waals surface area contributed by atoms with E-state index in [0.717, 1.165) is 37.8 Å². The molecule has 4 amide bonds. The van der Waals surface area contributed by atoms with Crippen LogP contribution in [0.4, 0.5) is 5.69 Å². The highest BCUT2D eigenvalue weighted by molar-refractivity contribution is 6.01. The molecular formula is C37H55N5O4. The van der Waals surface area contributed by atoms with Crippen molar-refractivity contribution in [3.05, 3.63) is 41.5 Å². The summed E-state index contributed by atoms with van der Waals surface area (Å²) >= 11 is 0. The lowest BCUT2D eigenvalue weighted by atomic mass is 9.84. The number of nitrogens with one attached hydrogen (secondary N) is 2. The Labute approximate surface area is 276 Å². The summed E-state index contributed by atoms with van der Waals surface area (Å²) < 4.78 is 0. The van der Waals surface area contributed by atoms with Gasteiger partial charge in [-0.05, 0) is 88.6 Å². The summed E-state index contributed by atoms with van der Waals surface area (Å²) in [5.74, 6) is 1.78. The first kappa shape index (κ1) is 36.8. The number of hydrogen-bond acceptors (Lipinski definition) is 5. The second kappa shape index (κ2) is 15.8. The molecule has 2 fully saturated rings. The smallest absolute Gasteiger partial charge is 0.249 e. The lowest BCUT2D eigenvalue weighted by molar-refractivity contribution is -0.142. The molecule has 0 spiro atoms. The van der Waals surface area contributed by atoms with Gasteiger partial charge in [-0.2, -0.15) is 0 Å². The highest BCUT2D eigenvalue weighted by atomic mass is 16.2. The van der Waals surface area contributed by atoms with Gasteiger partial charge in [-0.1, -0.05) is 53.0 Å². The van der Waals surface area contributed by atoms with E-state index >= 15 is 0 Å². The zero-order valence-electron chi connectivity index (χ0n) is 29.4. The molecule has 0 bridgehead atoms. The van der Waals surface area contributed by atoms with Crippen LogP contribution >= 0.6 is 0 Å². The van der Waals surface area contributed by atoms with Crippen LogP contribution in [0.25, 0.3) is 0 Å². The van der Waals surface area contributed by atoms with Gasteiger partial charge in [0.25, 0.3) is 0 Å². The normalized spacial score (nSPS) is 20.7. The summed E-state index contributed by atoms with van der Waals surface area (Å²) in [6.07, 6.45) is 11.4. The minimum absolute atomic E-state index is 0.00791. The van der Waals surface area contributed by atoms with Gasteiger partial charge >= 0.3 is 0 Å². The summed E-state index contributed by atoms with van der Waals surface area (Å²) in [5, 5.41) is 6.04. The number of rotatable bonds is 10. The molecular weight excluding hydrogens is 578 g/mol. The largest absolute Gasteiger partial charge is 0.342 e. The first-order chi connectivity index (χ1) is 21.6. The number of piperidine rings is 1. The Morgan fingerprint density at radius 2 is 1.59 bits per heavy atom. The Kier molecular flexibility index (Phi) is 12.6. The maximum absolute atomic E-state index is 14.1. The van der Waals surface area contributed by atoms with Gasteiger partial charge in [0, 0.05) is 36.5 Å². The van der Waals surface area contributed by atoms with Crippen LogP contribution < -0.4 is 10.6 Å². The van der Waals surface area contributed by atoms with Gasteiger partial charge in [-0.3, -0.25) is 24.1 Å². The number of hydrogen-bond donors (Lipinski definition) is 2.